The summed E-state index contributed by atoms with van der Waals surface area (Å²) < 4.78 is 33.3. The van der Waals surface area contributed by atoms with Gasteiger partial charge in [-0.2, -0.15) is 0 Å². The summed E-state index contributed by atoms with van der Waals surface area (Å²) in [6, 6.07) is 6.99. The Kier molecular flexibility index (Phi) is 6.13. The van der Waals surface area contributed by atoms with E-state index in [9.17, 15) is 13.6 Å². The normalized spacial score (nSPS) is 23.6. The molecule has 2 N–H and O–H groups in total. The lowest BCUT2D eigenvalue weighted by Gasteiger charge is -2.39. The summed E-state index contributed by atoms with van der Waals surface area (Å²) in [6.07, 6.45) is 2.64. The number of benzene rings is 1. The van der Waals surface area contributed by atoms with Crippen LogP contribution in [0.3, 0.4) is 0 Å². The second kappa shape index (κ2) is 8.47. The zero-order chi connectivity index (χ0) is 22.8. The maximum atomic E-state index is 14.8. The zero-order valence-electron chi connectivity index (χ0n) is 17.1. The van der Waals surface area contributed by atoms with Gasteiger partial charge in [0, 0.05) is 18.2 Å². The number of carbonyl (C=O) groups is 1. The van der Waals surface area contributed by atoms with E-state index in [4.69, 9.17) is 17.0 Å². The van der Waals surface area contributed by atoms with Gasteiger partial charge in [-0.05, 0) is 43.7 Å². The summed E-state index contributed by atoms with van der Waals surface area (Å²) in [7, 11) is 1.28. The molecule has 0 spiro atoms. The van der Waals surface area contributed by atoms with Crippen molar-refractivity contribution in [3.8, 4) is 0 Å². The average Bonchev–Trinajstić information content (AvgIpc) is 2.73. The van der Waals surface area contributed by atoms with Crippen molar-refractivity contribution in [3.05, 3.63) is 70.6 Å². The lowest BCUT2D eigenvalue weighted by molar-refractivity contribution is -0.143. The fourth-order valence-electron chi connectivity index (χ4n) is 3.57. The number of halogens is 2. The third-order valence-electron chi connectivity index (χ3n) is 4.97. The van der Waals surface area contributed by atoms with E-state index >= 15 is 0 Å². The highest BCUT2D eigenvalue weighted by Crippen LogP contribution is 2.46. The van der Waals surface area contributed by atoms with Gasteiger partial charge in [-0.1, -0.05) is 23.9 Å². The van der Waals surface area contributed by atoms with Crippen molar-refractivity contribution >= 4 is 40.5 Å². The molecule has 2 heterocycles. The summed E-state index contributed by atoms with van der Waals surface area (Å²) in [4.78, 5) is 23.9. The van der Waals surface area contributed by atoms with E-state index in [0.717, 1.165) is 11.8 Å². The maximum absolute atomic E-state index is 14.8. The summed E-state index contributed by atoms with van der Waals surface area (Å²) >= 11 is 1.07. The molecule has 0 saturated heterocycles. The van der Waals surface area contributed by atoms with E-state index < -0.39 is 27.9 Å². The Balaban J connectivity index is 2.01. The molecule has 0 unspecified atom stereocenters. The highest BCUT2D eigenvalue weighted by atomic mass is 32.2. The van der Waals surface area contributed by atoms with E-state index in [-0.39, 0.29) is 22.8 Å². The monoisotopic (exact) mass is 442 g/mol. The van der Waals surface area contributed by atoms with Crippen LogP contribution in [0.2, 0.25) is 0 Å². The van der Waals surface area contributed by atoms with Crippen molar-refractivity contribution in [2.75, 3.05) is 7.11 Å². The number of ether oxygens (including phenoxy) is 1. The van der Waals surface area contributed by atoms with E-state index in [1.54, 1.807) is 13.8 Å². The van der Waals surface area contributed by atoms with Crippen LogP contribution in [-0.2, 0) is 15.1 Å². The molecule has 1 aromatic heterocycles. The number of pyridine rings is 1. The molecule has 0 saturated carbocycles. The largest absolute Gasteiger partial charge is 0.468 e. The predicted molar refractivity (Wildman–Crippen MR) is 117 cm³/mol. The molecule has 0 fully saturated rings. The molecule has 0 bridgehead atoms. The lowest BCUT2D eigenvalue weighted by atomic mass is 9.82. The fraction of sp³-hybridized carbons (Fsp3) is 0.273. The first-order valence-electron chi connectivity index (χ1n) is 9.24. The van der Waals surface area contributed by atoms with Gasteiger partial charge in [-0.15, -0.1) is 0 Å². The molecule has 3 rings (SSSR count). The standard InChI is InChI=1S/C22H20F2N4O2S/c1-21(12-22(2,19(29)30-4)31-20(25)28-21)15-9-13(5-7-16(15)23)10-17(24)18-8-6-14(26-3)11-27-18/h5-11H,12H2,1-2,4H3,(H2,25,28)/b17-10-/t21-,22-/m0/s1. The van der Waals surface area contributed by atoms with Gasteiger partial charge in [-0.25, -0.2) is 13.6 Å². The van der Waals surface area contributed by atoms with Crippen molar-refractivity contribution in [1.29, 1.82) is 0 Å². The van der Waals surface area contributed by atoms with Gasteiger partial charge < -0.3 is 10.5 Å². The first kappa shape index (κ1) is 22.4. The average molecular weight is 442 g/mol. The van der Waals surface area contributed by atoms with E-state index in [2.05, 4.69) is 14.8 Å². The number of aromatic nitrogens is 1. The Hall–Kier alpha value is -3.25. The number of esters is 1. The molecule has 2 aromatic rings. The van der Waals surface area contributed by atoms with Gasteiger partial charge in [-0.3, -0.25) is 14.8 Å². The summed E-state index contributed by atoms with van der Waals surface area (Å²) in [5.41, 5.74) is 5.74. The number of methoxy groups -OCH3 is 1. The summed E-state index contributed by atoms with van der Waals surface area (Å²) in [6.45, 7) is 10.3. The molecule has 31 heavy (non-hydrogen) atoms. The molecule has 160 valence electrons. The number of thioether (sulfide) groups is 1. The Morgan fingerprint density at radius 1 is 1.35 bits per heavy atom. The van der Waals surface area contributed by atoms with Crippen molar-refractivity contribution in [2.45, 2.75) is 30.6 Å². The number of nitrogens with two attached hydrogens (primary N) is 1. The van der Waals surface area contributed by atoms with Gasteiger partial charge in [0.25, 0.3) is 0 Å². The number of carbonyl (C=O) groups excluding carboxylic acids is 1. The second-order valence-corrected chi connectivity index (χ2v) is 8.99. The van der Waals surface area contributed by atoms with E-state index in [0.29, 0.717) is 11.3 Å². The third-order valence-corrected chi connectivity index (χ3v) is 6.03. The van der Waals surface area contributed by atoms with Gasteiger partial charge in [0.2, 0.25) is 5.69 Å². The second-order valence-electron chi connectivity index (χ2n) is 7.47. The molecule has 9 heteroatoms. The minimum atomic E-state index is -1.15. The minimum Gasteiger partial charge on any atom is -0.468 e. The van der Waals surface area contributed by atoms with Crippen LogP contribution < -0.4 is 5.73 Å². The van der Waals surface area contributed by atoms with Crippen LogP contribution in [0.5, 0.6) is 0 Å². The lowest BCUT2D eigenvalue weighted by Crippen LogP contribution is -2.46. The summed E-state index contributed by atoms with van der Waals surface area (Å²) in [5, 5.41) is 0.136. The Morgan fingerprint density at radius 3 is 2.71 bits per heavy atom. The van der Waals surface area contributed by atoms with Gasteiger partial charge >= 0.3 is 5.97 Å². The SMILES string of the molecule is [C-]#[N+]c1ccc(/C(F)=C/c2ccc(F)c([C@]3(C)C[C@@](C)(C(=O)OC)SC(N)=N3)c2)nc1. The van der Waals surface area contributed by atoms with Crippen LogP contribution in [0.25, 0.3) is 16.7 Å². The van der Waals surface area contributed by atoms with Crippen molar-refractivity contribution in [2.24, 2.45) is 10.7 Å². The molecule has 1 aromatic carbocycles. The first-order valence-corrected chi connectivity index (χ1v) is 10.1. The van der Waals surface area contributed by atoms with Crippen molar-refractivity contribution in [1.82, 2.24) is 4.98 Å². The van der Waals surface area contributed by atoms with E-state index in [1.807, 2.05) is 0 Å². The molecule has 1 aliphatic heterocycles. The fourth-order valence-corrected chi connectivity index (χ4v) is 4.80. The number of amidine groups is 1. The predicted octanol–water partition coefficient (Wildman–Crippen LogP) is 4.84. The molecule has 2 atom stereocenters. The van der Waals surface area contributed by atoms with Crippen LogP contribution >= 0.6 is 11.8 Å². The molecule has 1 aliphatic rings. The Morgan fingerprint density at radius 2 is 2.10 bits per heavy atom. The molecule has 0 amide bonds. The number of aliphatic imine (C=N–C) groups is 1. The van der Waals surface area contributed by atoms with Gasteiger partial charge in [0.15, 0.2) is 5.17 Å². The zero-order valence-corrected chi connectivity index (χ0v) is 18.0. The smallest absolute Gasteiger partial charge is 0.322 e. The number of hydrogen-bond acceptors (Lipinski definition) is 6. The molecule has 6 nitrogen and oxygen atoms in total. The minimum absolute atomic E-state index is 0.0547. The molecule has 0 aliphatic carbocycles. The molecular formula is C22H20F2N4O2S. The van der Waals surface area contributed by atoms with E-state index in [1.165, 1.54) is 49.7 Å². The van der Waals surface area contributed by atoms with Crippen LogP contribution in [-0.4, -0.2) is 28.0 Å². The number of rotatable bonds is 4. The maximum Gasteiger partial charge on any atom is 0.322 e. The van der Waals surface area contributed by atoms with Gasteiger partial charge in [0.05, 0.1) is 24.9 Å². The van der Waals surface area contributed by atoms with Crippen LogP contribution in [0.1, 0.15) is 37.1 Å². The number of hydrogen-bond donors (Lipinski definition) is 1. The van der Waals surface area contributed by atoms with Gasteiger partial charge in [0.1, 0.15) is 16.4 Å². The number of nitrogens with zero attached hydrogens (tertiary/aromatic N) is 3. The topological polar surface area (TPSA) is 81.9 Å². The molecular weight excluding hydrogens is 422 g/mol. The summed E-state index contributed by atoms with van der Waals surface area (Å²) in [5.74, 6) is -1.67. The highest BCUT2D eigenvalue weighted by Gasteiger charge is 2.48. The van der Waals surface area contributed by atoms with Crippen LogP contribution in [0.4, 0.5) is 14.5 Å². The van der Waals surface area contributed by atoms with Crippen LogP contribution in [0.15, 0.2) is 41.5 Å². The van der Waals surface area contributed by atoms with Crippen molar-refractivity contribution < 1.29 is 18.3 Å². The van der Waals surface area contributed by atoms with Crippen molar-refractivity contribution in [3.63, 3.8) is 0 Å². The third kappa shape index (κ3) is 4.59. The quantitative estimate of drug-likeness (QED) is 0.541. The molecule has 0 radical (unpaired) electrons. The Bertz CT molecular complexity index is 1130. The first-order chi connectivity index (χ1) is 14.6. The van der Waals surface area contributed by atoms with Crippen LogP contribution in [0, 0.1) is 12.4 Å². The highest BCUT2D eigenvalue weighted by molar-refractivity contribution is 8.15. The Labute approximate surface area is 183 Å².